The van der Waals surface area contributed by atoms with E-state index in [1.165, 1.54) is 33.0 Å². The van der Waals surface area contributed by atoms with Crippen LogP contribution >= 0.6 is 0 Å². The Morgan fingerprint density at radius 1 is 0.410 bits per heavy atom. The maximum absolute atomic E-state index is 6.54. The average molecular weight is 778 g/mol. The number of hydrogen-bond donors (Lipinski definition) is 0. The molecule has 2 aliphatic rings. The molecule has 1 aliphatic heterocycles. The van der Waals surface area contributed by atoms with Crippen LogP contribution < -0.4 is 0 Å². The highest BCUT2D eigenvalue weighted by Crippen LogP contribution is 2.55. The zero-order chi connectivity index (χ0) is 40.0. The van der Waals surface area contributed by atoms with E-state index < -0.39 is 0 Å². The minimum atomic E-state index is -0.359. The number of aromatic nitrogens is 2. The van der Waals surface area contributed by atoms with Gasteiger partial charge in [-0.3, -0.25) is 9.98 Å². The van der Waals surface area contributed by atoms with Crippen LogP contribution in [0.4, 0.5) is 0 Å². The highest BCUT2D eigenvalue weighted by atomic mass is 16.3. The number of hydrogen-bond acceptors (Lipinski definition) is 5. The van der Waals surface area contributed by atoms with Crippen LogP contribution in [0.3, 0.4) is 0 Å². The highest BCUT2D eigenvalue weighted by molar-refractivity contribution is 6.23. The molecule has 0 saturated carbocycles. The molecule has 3 aromatic heterocycles. The Hall–Kier alpha value is -8.15. The summed E-state index contributed by atoms with van der Waals surface area (Å²) in [5.74, 6) is 0. The van der Waals surface area contributed by atoms with Gasteiger partial charge >= 0.3 is 0 Å². The van der Waals surface area contributed by atoms with Crippen molar-refractivity contribution < 1.29 is 8.83 Å². The molecule has 1 unspecified atom stereocenters. The van der Waals surface area contributed by atoms with Crippen molar-refractivity contribution in [2.24, 2.45) is 4.99 Å². The Morgan fingerprint density at radius 3 is 1.64 bits per heavy atom. The van der Waals surface area contributed by atoms with E-state index in [0.29, 0.717) is 0 Å². The van der Waals surface area contributed by atoms with Gasteiger partial charge in [0.1, 0.15) is 22.3 Å². The molecule has 4 heterocycles. The van der Waals surface area contributed by atoms with Crippen LogP contribution in [0.25, 0.3) is 121 Å². The molecule has 1 spiro atoms. The Morgan fingerprint density at radius 2 is 0.967 bits per heavy atom. The molecule has 0 amide bonds. The summed E-state index contributed by atoms with van der Waals surface area (Å²) in [6.07, 6.45) is 3.96. The molecule has 0 fully saturated rings. The third kappa shape index (κ3) is 4.41. The van der Waals surface area contributed by atoms with E-state index in [1.807, 2.05) is 6.20 Å². The summed E-state index contributed by atoms with van der Waals surface area (Å²) in [4.78, 5) is 14.8. The Labute approximate surface area is 348 Å². The van der Waals surface area contributed by atoms with Crippen LogP contribution in [0.1, 0.15) is 11.1 Å². The highest BCUT2D eigenvalue weighted by Gasteiger charge is 2.48. The standard InChI is InChI=1S/C56H31N3O2/c1-31-56(30-58-31)47-16-7-6-13-39(47)40-20-17-35(26-48(40)56)34-19-22-51-44(25-34)46-28-52-45(27-53(46)61-51)43-24-33(18-21-50(43)60-52)32-9-8-10-36(23-32)49-29-57-54-41-14-4-2-11-37(41)38-12-3-5-15-42(38)55(54)59-49/h2-30H,1H2. The van der Waals surface area contributed by atoms with Crippen LogP contribution in [0.2, 0.25) is 0 Å². The second-order valence-electron chi connectivity index (χ2n) is 16.4. The quantitative estimate of drug-likeness (QED) is 0.168. The molecule has 9 aromatic carbocycles. The van der Waals surface area contributed by atoms with E-state index in [4.69, 9.17) is 18.8 Å². The van der Waals surface area contributed by atoms with E-state index >= 15 is 0 Å². The number of rotatable bonds is 3. The van der Waals surface area contributed by atoms with Gasteiger partial charge in [0.25, 0.3) is 0 Å². The fourth-order valence-corrected chi connectivity index (χ4v) is 10.3. The molecular weight excluding hydrogens is 747 g/mol. The Balaban J connectivity index is 0.845. The van der Waals surface area contributed by atoms with Gasteiger partial charge in [-0.1, -0.05) is 122 Å². The zero-order valence-electron chi connectivity index (χ0n) is 32.6. The van der Waals surface area contributed by atoms with Crippen molar-refractivity contribution in [2.45, 2.75) is 5.41 Å². The summed E-state index contributed by atoms with van der Waals surface area (Å²) in [7, 11) is 0. The molecule has 0 radical (unpaired) electrons. The van der Waals surface area contributed by atoms with E-state index in [2.05, 4.69) is 182 Å². The molecular formula is C56H31N3O2. The minimum absolute atomic E-state index is 0.359. The fourth-order valence-electron chi connectivity index (χ4n) is 10.3. The molecule has 0 saturated heterocycles. The number of furan rings is 2. The average Bonchev–Trinajstić information content (AvgIpc) is 3.97. The molecule has 0 N–H and O–H groups in total. The van der Waals surface area contributed by atoms with E-state index in [0.717, 1.165) is 105 Å². The lowest BCUT2D eigenvalue weighted by Gasteiger charge is -2.34. The van der Waals surface area contributed by atoms with Crippen LogP contribution in [0.5, 0.6) is 0 Å². The SMILES string of the molecule is C=C1N=CC12c1ccccc1-c1ccc(-c3ccc4oc5cc6c(cc5c4c3)oc3ccc(-c4cccc(-c5cnc7c8ccccc8c8ccccc8c7n5)c4)cc36)cc12. The van der Waals surface area contributed by atoms with Crippen molar-refractivity contribution in [3.8, 4) is 44.6 Å². The van der Waals surface area contributed by atoms with E-state index in [9.17, 15) is 0 Å². The van der Waals surface area contributed by atoms with Gasteiger partial charge in [0, 0.05) is 44.1 Å². The molecule has 0 bridgehead atoms. The summed E-state index contributed by atoms with van der Waals surface area (Å²) in [6.45, 7) is 4.34. The third-order valence-corrected chi connectivity index (χ3v) is 13.3. The lowest BCUT2D eigenvalue weighted by molar-refractivity contribution is 0.664. The number of nitrogens with zero attached hydrogens (tertiary/aromatic N) is 3. The topological polar surface area (TPSA) is 64.4 Å². The summed E-state index contributed by atoms with van der Waals surface area (Å²) in [5, 5.41) is 8.73. The Bertz CT molecular complexity index is 3950. The van der Waals surface area contributed by atoms with Crippen LogP contribution in [-0.2, 0) is 5.41 Å². The zero-order valence-corrected chi connectivity index (χ0v) is 32.6. The lowest BCUT2D eigenvalue weighted by Crippen LogP contribution is -2.35. The maximum Gasteiger partial charge on any atom is 0.136 e. The monoisotopic (exact) mass is 777 g/mol. The van der Waals surface area contributed by atoms with Gasteiger partial charge in [0.05, 0.1) is 34.0 Å². The summed E-state index contributed by atoms with van der Waals surface area (Å²) < 4.78 is 13.1. The molecule has 1 atom stereocenters. The van der Waals surface area contributed by atoms with E-state index in [-0.39, 0.29) is 5.41 Å². The summed E-state index contributed by atoms with van der Waals surface area (Å²) in [5.41, 5.74) is 17.0. The Kier molecular flexibility index (Phi) is 6.31. The molecule has 5 heteroatoms. The van der Waals surface area contributed by atoms with Gasteiger partial charge in [-0.15, -0.1) is 0 Å². The number of allylic oxidation sites excluding steroid dienone is 1. The molecule has 282 valence electrons. The number of benzene rings is 9. The van der Waals surface area contributed by atoms with Crippen LogP contribution in [-0.4, -0.2) is 16.2 Å². The first-order valence-corrected chi connectivity index (χ1v) is 20.6. The van der Waals surface area contributed by atoms with Gasteiger partial charge in [-0.25, -0.2) is 4.98 Å². The van der Waals surface area contributed by atoms with Crippen molar-refractivity contribution in [3.05, 3.63) is 193 Å². The van der Waals surface area contributed by atoms with Gasteiger partial charge < -0.3 is 8.83 Å². The number of aliphatic imine (C=N–C) groups is 1. The minimum Gasteiger partial charge on any atom is -0.456 e. The van der Waals surface area contributed by atoms with Crippen molar-refractivity contribution in [1.82, 2.24) is 9.97 Å². The van der Waals surface area contributed by atoms with Gasteiger partial charge in [0.2, 0.25) is 0 Å². The van der Waals surface area contributed by atoms with Gasteiger partial charge in [0.15, 0.2) is 0 Å². The maximum atomic E-state index is 6.54. The predicted octanol–water partition coefficient (Wildman–Crippen LogP) is 14.6. The first-order valence-electron chi connectivity index (χ1n) is 20.6. The van der Waals surface area contributed by atoms with Crippen LogP contribution in [0.15, 0.2) is 196 Å². The first kappa shape index (κ1) is 32.8. The third-order valence-electron chi connectivity index (χ3n) is 13.3. The van der Waals surface area contributed by atoms with E-state index in [1.54, 1.807) is 0 Å². The largest absolute Gasteiger partial charge is 0.456 e. The molecule has 14 rings (SSSR count). The molecule has 61 heavy (non-hydrogen) atoms. The summed E-state index contributed by atoms with van der Waals surface area (Å²) >= 11 is 0. The second kappa shape index (κ2) is 11.7. The predicted molar refractivity (Wildman–Crippen MR) is 249 cm³/mol. The van der Waals surface area contributed by atoms with Crippen molar-refractivity contribution in [3.63, 3.8) is 0 Å². The molecule has 12 aromatic rings. The first-order chi connectivity index (χ1) is 30.1. The fraction of sp³-hybridized carbons (Fsp3) is 0.0179. The lowest BCUT2D eigenvalue weighted by atomic mass is 9.73. The molecule has 5 nitrogen and oxygen atoms in total. The second-order valence-corrected chi connectivity index (χ2v) is 16.4. The normalized spacial score (nSPS) is 15.6. The van der Waals surface area contributed by atoms with Gasteiger partial charge in [-0.2, -0.15) is 0 Å². The molecule has 1 aliphatic carbocycles. The van der Waals surface area contributed by atoms with Crippen molar-refractivity contribution in [2.75, 3.05) is 0 Å². The number of fused-ring (bicyclic) bond motifs is 17. The van der Waals surface area contributed by atoms with Crippen molar-refractivity contribution in [1.29, 1.82) is 0 Å². The smallest absolute Gasteiger partial charge is 0.136 e. The van der Waals surface area contributed by atoms with Gasteiger partial charge in [-0.05, 0) is 104 Å². The van der Waals surface area contributed by atoms with Crippen LogP contribution in [0, 0.1) is 0 Å². The van der Waals surface area contributed by atoms with Crippen molar-refractivity contribution >= 4 is 82.7 Å². The summed E-state index contributed by atoms with van der Waals surface area (Å²) in [6, 6.07) is 58.1.